The second-order valence-corrected chi connectivity index (χ2v) is 11.2. The maximum absolute atomic E-state index is 6.08. The molecule has 3 heterocycles. The van der Waals surface area contributed by atoms with Crippen LogP contribution < -0.4 is 30.4 Å². The quantitative estimate of drug-likeness (QED) is 0.161. The molecule has 0 amide bonds. The normalized spacial score (nSPS) is 15.0. The Morgan fingerprint density at radius 2 is 1.24 bits per heavy atom. The van der Waals surface area contributed by atoms with Crippen molar-refractivity contribution in [1.29, 1.82) is 0 Å². The summed E-state index contributed by atoms with van der Waals surface area (Å²) < 4.78 is 26.8. The molecule has 7 rings (SSSR count). The van der Waals surface area contributed by atoms with Crippen molar-refractivity contribution < 1.29 is 23.4 Å². The smallest absolute Gasteiger partial charge is 0.493 e. The molecular weight excluding hydrogens is 577 g/mol. The van der Waals surface area contributed by atoms with Crippen molar-refractivity contribution in [2.45, 2.75) is 12.3 Å². The van der Waals surface area contributed by atoms with Gasteiger partial charge in [0.05, 0.1) is 45.6 Å². The van der Waals surface area contributed by atoms with Gasteiger partial charge in [-0.3, -0.25) is 4.49 Å². The highest BCUT2D eigenvalue weighted by atomic mass is 16.5. The van der Waals surface area contributed by atoms with Gasteiger partial charge < -0.3 is 34.9 Å². The summed E-state index contributed by atoms with van der Waals surface area (Å²) in [7, 11) is 8.71. The van der Waals surface area contributed by atoms with Crippen LogP contribution in [0.25, 0.3) is 22.4 Å². The molecule has 5 aromatic rings. The third-order valence-electron chi connectivity index (χ3n) is 8.66. The van der Waals surface area contributed by atoms with E-state index in [1.807, 2.05) is 66.7 Å². The molecule has 229 valence electrons. The maximum atomic E-state index is 6.08. The lowest BCUT2D eigenvalue weighted by molar-refractivity contribution is -0.240. The third kappa shape index (κ3) is 4.92. The van der Waals surface area contributed by atoms with Gasteiger partial charge in [0, 0.05) is 29.1 Å². The number of hydrogen-bond acceptors (Lipinski definition) is 7. The number of hydrogen-bond donors (Lipinski definition) is 2. The second kappa shape index (κ2) is 11.7. The fourth-order valence-electron chi connectivity index (χ4n) is 6.28. The summed E-state index contributed by atoms with van der Waals surface area (Å²) in [6, 6.07) is 30.1. The Hall–Kier alpha value is -5.64. The summed E-state index contributed by atoms with van der Waals surface area (Å²) in [5.74, 6) is 4.34. The number of methoxy groups -OCH3 is 4. The zero-order valence-corrected chi connectivity index (χ0v) is 26.2. The minimum Gasteiger partial charge on any atom is -0.493 e. The number of aliphatic imine (C=N–C) groups is 1. The predicted molar refractivity (Wildman–Crippen MR) is 183 cm³/mol. The van der Waals surface area contributed by atoms with E-state index < -0.39 is 0 Å². The molecule has 2 aliphatic rings. The summed E-state index contributed by atoms with van der Waals surface area (Å²) in [4.78, 5) is 5.45. The van der Waals surface area contributed by atoms with E-state index in [4.69, 9.17) is 35.4 Å². The highest BCUT2D eigenvalue weighted by Crippen LogP contribution is 2.45. The summed E-state index contributed by atoms with van der Waals surface area (Å²) >= 11 is 0. The molecule has 46 heavy (non-hydrogen) atoms. The van der Waals surface area contributed by atoms with Crippen molar-refractivity contribution in [3.63, 3.8) is 0 Å². The van der Waals surface area contributed by atoms with Crippen LogP contribution in [-0.4, -0.2) is 56.5 Å². The number of nitrogens with zero attached hydrogens (tertiary/aromatic N) is 3. The fourth-order valence-corrected chi connectivity index (χ4v) is 6.28. The van der Waals surface area contributed by atoms with Gasteiger partial charge >= 0.3 is 7.55 Å². The Bertz CT molecular complexity index is 2020. The Kier molecular flexibility index (Phi) is 7.40. The number of anilines is 2. The van der Waals surface area contributed by atoms with E-state index in [2.05, 4.69) is 40.8 Å². The molecule has 2 aliphatic heterocycles. The first-order valence-corrected chi connectivity index (χ1v) is 14.9. The molecule has 10 heteroatoms. The Balaban J connectivity index is 1.46. The number of nitrogens with two attached hydrogens (primary N) is 2. The monoisotopic (exact) mass is 611 g/mol. The van der Waals surface area contributed by atoms with E-state index in [1.165, 1.54) is 0 Å². The van der Waals surface area contributed by atoms with Crippen LogP contribution in [0.3, 0.4) is 0 Å². The number of nitrogen functional groups attached to an aromatic ring is 2. The largest absolute Gasteiger partial charge is 0.555 e. The van der Waals surface area contributed by atoms with Gasteiger partial charge in [-0.1, -0.05) is 24.3 Å². The first kappa shape index (κ1) is 29.1. The minimum absolute atomic E-state index is 0.0505. The van der Waals surface area contributed by atoms with Crippen molar-refractivity contribution in [2.75, 3.05) is 39.9 Å². The second-order valence-electron chi connectivity index (χ2n) is 11.2. The number of amidine groups is 1. The molecule has 0 saturated heterocycles. The molecule has 4 N–H and O–H groups in total. The number of rotatable bonds is 8. The van der Waals surface area contributed by atoms with Crippen LogP contribution in [0.5, 0.6) is 23.0 Å². The van der Waals surface area contributed by atoms with Crippen LogP contribution in [0.2, 0.25) is 0 Å². The Labute approximate surface area is 268 Å². The minimum atomic E-state index is -0.0505. The third-order valence-corrected chi connectivity index (χ3v) is 8.66. The molecule has 1 aromatic heterocycles. The fraction of sp³-hybridized carbons (Fsp3) is 0.167. The number of fused-ring (bicyclic) bond motifs is 2. The van der Waals surface area contributed by atoms with Crippen LogP contribution in [-0.2, 0) is 0 Å². The van der Waals surface area contributed by atoms with E-state index in [0.717, 1.165) is 57.3 Å². The Morgan fingerprint density at radius 1 is 0.674 bits per heavy atom. The zero-order chi connectivity index (χ0) is 31.9. The first-order chi connectivity index (χ1) is 22.4. The molecule has 0 fully saturated rings. The molecule has 4 aromatic carbocycles. The van der Waals surface area contributed by atoms with Crippen molar-refractivity contribution >= 4 is 36.3 Å². The van der Waals surface area contributed by atoms with E-state index >= 15 is 0 Å². The van der Waals surface area contributed by atoms with Gasteiger partial charge in [0.25, 0.3) is 5.84 Å². The van der Waals surface area contributed by atoms with Gasteiger partial charge in [-0.2, -0.15) is 0 Å². The zero-order valence-electron chi connectivity index (χ0n) is 26.2. The topological polar surface area (TPSA) is 109 Å². The SMILES string of the molecule is COc1ccc(-c2cc(-c3ccc(N)cc3)n3c2N=C2C(c4ccc(OC)c(OC)c4)CC(c4ccc(N)cc4)=[N+]2[B]3)cc1OC. The number of benzene rings is 4. The van der Waals surface area contributed by atoms with Gasteiger partial charge in [0.1, 0.15) is 0 Å². The lowest BCUT2D eigenvalue weighted by Crippen LogP contribution is -2.34. The average Bonchev–Trinajstić information content (AvgIpc) is 3.66. The molecule has 1 unspecified atom stereocenters. The van der Waals surface area contributed by atoms with Gasteiger partial charge in [-0.25, -0.2) is 0 Å². The van der Waals surface area contributed by atoms with E-state index in [1.54, 1.807) is 28.4 Å². The molecule has 0 bridgehead atoms. The molecule has 0 saturated carbocycles. The van der Waals surface area contributed by atoms with Gasteiger partial charge in [0.15, 0.2) is 23.0 Å². The first-order valence-electron chi connectivity index (χ1n) is 14.9. The highest BCUT2D eigenvalue weighted by Gasteiger charge is 2.45. The predicted octanol–water partition coefficient (Wildman–Crippen LogP) is 6.14. The van der Waals surface area contributed by atoms with Gasteiger partial charge in [-0.15, -0.1) is 0 Å². The van der Waals surface area contributed by atoms with Crippen molar-refractivity contribution in [1.82, 2.24) is 4.48 Å². The van der Waals surface area contributed by atoms with Crippen molar-refractivity contribution in [2.24, 2.45) is 4.99 Å². The molecule has 9 nitrogen and oxygen atoms in total. The molecule has 1 atom stereocenters. The van der Waals surface area contributed by atoms with E-state index in [-0.39, 0.29) is 5.92 Å². The number of aromatic nitrogens is 1. The van der Waals surface area contributed by atoms with Gasteiger partial charge in [0.2, 0.25) is 5.82 Å². The highest BCUT2D eigenvalue weighted by molar-refractivity contribution is 6.35. The summed E-state index contributed by atoms with van der Waals surface area (Å²) in [6.45, 7) is 0. The maximum Gasteiger partial charge on any atom is 0.555 e. The van der Waals surface area contributed by atoms with E-state index in [9.17, 15) is 0 Å². The molecule has 0 aliphatic carbocycles. The van der Waals surface area contributed by atoms with Crippen molar-refractivity contribution in [3.05, 3.63) is 102 Å². The van der Waals surface area contributed by atoms with Crippen LogP contribution in [0.4, 0.5) is 17.2 Å². The van der Waals surface area contributed by atoms with Crippen LogP contribution in [0.15, 0.2) is 96.0 Å². The van der Waals surface area contributed by atoms with Gasteiger partial charge in [-0.05, 0) is 88.4 Å². The summed E-state index contributed by atoms with van der Waals surface area (Å²) in [5.41, 5.74) is 20.8. The number of ether oxygens (including phenoxy) is 4. The van der Waals surface area contributed by atoms with Crippen LogP contribution >= 0.6 is 0 Å². The van der Waals surface area contributed by atoms with Crippen LogP contribution in [0, 0.1) is 0 Å². The molecule has 0 spiro atoms. The lowest BCUT2D eigenvalue weighted by atomic mass is 9.92. The summed E-state index contributed by atoms with van der Waals surface area (Å²) in [5, 5.41) is 0. The average molecular weight is 612 g/mol. The van der Waals surface area contributed by atoms with Crippen LogP contribution in [0.1, 0.15) is 23.5 Å². The molecular formula is C36H34BN5O4+. The van der Waals surface area contributed by atoms with Crippen molar-refractivity contribution in [3.8, 4) is 45.4 Å². The molecule has 1 radical (unpaired) electrons. The standard InChI is InChI=1S/C36H34BN5O4/c1-43-31-15-9-23(17-33(31)45-3)27-19-29(21-5-11-25(38)12-6-21)41-35(27)40-36-28(24-10-16-32(44-2)34(18-24)46-4)20-30(42(36)37-41)22-7-13-26(39)14-8-22/h5-19,28H,20,38-39H2,1-4H3/q+1. The Morgan fingerprint density at radius 3 is 1.87 bits per heavy atom. The summed E-state index contributed by atoms with van der Waals surface area (Å²) in [6.07, 6.45) is 0.725. The van der Waals surface area contributed by atoms with E-state index in [0.29, 0.717) is 34.4 Å². The lowest BCUT2D eigenvalue weighted by Gasteiger charge is -2.16.